The third-order valence-electron chi connectivity index (χ3n) is 2.96. The van der Waals surface area contributed by atoms with E-state index in [2.05, 4.69) is 0 Å². The highest BCUT2D eigenvalue weighted by atomic mass is 32.2. The largest absolute Gasteiger partial charge is 0.270 e. The van der Waals surface area contributed by atoms with Crippen LogP contribution in [0.3, 0.4) is 0 Å². The van der Waals surface area contributed by atoms with Crippen LogP contribution in [0.15, 0.2) is 59.5 Å². The van der Waals surface area contributed by atoms with Crippen molar-refractivity contribution in [1.29, 1.82) is 0 Å². The number of thiocarbonyl (C=S) groups is 1. The molecule has 21 heavy (non-hydrogen) atoms. The molecule has 0 atom stereocenters. The van der Waals surface area contributed by atoms with Crippen LogP contribution in [0.5, 0.6) is 0 Å². The van der Waals surface area contributed by atoms with Crippen molar-refractivity contribution in [3.63, 3.8) is 0 Å². The maximum Gasteiger partial charge on any atom is 0.270 e. The Morgan fingerprint density at radius 2 is 1.86 bits per heavy atom. The number of carbonyl (C=O) groups excluding carboxylic acids is 1. The molecule has 1 aliphatic rings. The Labute approximate surface area is 131 Å². The summed E-state index contributed by atoms with van der Waals surface area (Å²) in [6, 6.07) is 15.4. The molecule has 0 aromatic heterocycles. The van der Waals surface area contributed by atoms with Crippen LogP contribution in [0.1, 0.15) is 5.56 Å². The highest BCUT2D eigenvalue weighted by molar-refractivity contribution is 8.27. The Morgan fingerprint density at radius 1 is 1.10 bits per heavy atom. The molecule has 1 aliphatic heterocycles. The van der Waals surface area contributed by atoms with Crippen molar-refractivity contribution >= 4 is 46.0 Å². The summed E-state index contributed by atoms with van der Waals surface area (Å²) in [4.78, 5) is 14.4. The van der Waals surface area contributed by atoms with E-state index in [-0.39, 0.29) is 5.91 Å². The van der Waals surface area contributed by atoms with Crippen LogP contribution in [0.2, 0.25) is 0 Å². The van der Waals surface area contributed by atoms with Gasteiger partial charge in [0, 0.05) is 0 Å². The molecule has 5 heteroatoms. The lowest BCUT2D eigenvalue weighted by Gasteiger charge is -2.14. The van der Waals surface area contributed by atoms with Gasteiger partial charge in [0.15, 0.2) is 4.32 Å². The van der Waals surface area contributed by atoms with Gasteiger partial charge in [0.2, 0.25) is 0 Å². The first-order valence-electron chi connectivity index (χ1n) is 6.24. The fourth-order valence-corrected chi connectivity index (χ4v) is 3.31. The summed E-state index contributed by atoms with van der Waals surface area (Å²) >= 11 is 6.46. The number of nitrogens with zero attached hydrogens (tertiary/aromatic N) is 1. The highest BCUT2D eigenvalue weighted by Crippen LogP contribution is 2.36. The summed E-state index contributed by atoms with van der Waals surface area (Å²) in [5, 5.41) is 0. The van der Waals surface area contributed by atoms with Gasteiger partial charge in [0.25, 0.3) is 5.91 Å². The average Bonchev–Trinajstić information content (AvgIpc) is 2.74. The summed E-state index contributed by atoms with van der Waals surface area (Å²) in [5.41, 5.74) is 1.38. The Balaban J connectivity index is 1.94. The van der Waals surface area contributed by atoms with Crippen LogP contribution in [0.25, 0.3) is 6.08 Å². The third kappa shape index (κ3) is 2.89. The second-order valence-corrected chi connectivity index (χ2v) is 6.08. The van der Waals surface area contributed by atoms with Crippen LogP contribution in [0, 0.1) is 5.82 Å². The van der Waals surface area contributed by atoms with E-state index < -0.39 is 5.82 Å². The van der Waals surface area contributed by atoms with Crippen molar-refractivity contribution in [1.82, 2.24) is 0 Å². The van der Waals surface area contributed by atoms with E-state index in [1.165, 1.54) is 28.8 Å². The fourth-order valence-electron chi connectivity index (χ4n) is 2.01. The predicted octanol–water partition coefficient (Wildman–Crippen LogP) is 4.23. The van der Waals surface area contributed by atoms with Gasteiger partial charge in [-0.25, -0.2) is 4.39 Å². The van der Waals surface area contributed by atoms with Gasteiger partial charge in [-0.15, -0.1) is 0 Å². The lowest BCUT2D eigenvalue weighted by Crippen LogP contribution is -2.27. The van der Waals surface area contributed by atoms with Crippen molar-refractivity contribution in [2.45, 2.75) is 0 Å². The summed E-state index contributed by atoms with van der Waals surface area (Å²) in [7, 11) is 0. The number of carbonyl (C=O) groups is 1. The number of anilines is 1. The molecule has 1 fully saturated rings. The van der Waals surface area contributed by atoms with Gasteiger partial charge in [0.05, 0.1) is 10.6 Å². The average molecular weight is 315 g/mol. The van der Waals surface area contributed by atoms with Crippen molar-refractivity contribution in [2.75, 3.05) is 4.90 Å². The first-order valence-corrected chi connectivity index (χ1v) is 7.46. The molecule has 2 aromatic carbocycles. The van der Waals surface area contributed by atoms with Crippen LogP contribution >= 0.6 is 24.0 Å². The fraction of sp³-hybridized carbons (Fsp3) is 0. The topological polar surface area (TPSA) is 20.3 Å². The van der Waals surface area contributed by atoms with E-state index in [1.54, 1.807) is 18.2 Å². The Morgan fingerprint density at radius 3 is 2.57 bits per heavy atom. The van der Waals surface area contributed by atoms with Gasteiger partial charge in [-0.1, -0.05) is 60.4 Å². The Kier molecular flexibility index (Phi) is 3.86. The second-order valence-electron chi connectivity index (χ2n) is 4.41. The minimum atomic E-state index is -0.395. The van der Waals surface area contributed by atoms with E-state index in [9.17, 15) is 9.18 Å². The van der Waals surface area contributed by atoms with Crippen molar-refractivity contribution in [3.05, 3.63) is 70.9 Å². The second kappa shape index (κ2) is 5.79. The smallest absolute Gasteiger partial charge is 0.268 e. The van der Waals surface area contributed by atoms with Gasteiger partial charge in [-0.3, -0.25) is 9.69 Å². The SMILES string of the molecule is O=C1/C(=C/c2ccccc2)SC(=S)N1c1cccc(F)c1. The van der Waals surface area contributed by atoms with E-state index in [4.69, 9.17) is 12.2 Å². The minimum Gasteiger partial charge on any atom is -0.268 e. The molecule has 0 aliphatic carbocycles. The van der Waals surface area contributed by atoms with Gasteiger partial charge in [0.1, 0.15) is 5.82 Å². The first kappa shape index (κ1) is 14.0. The number of halogens is 1. The molecule has 0 radical (unpaired) electrons. The Hall–Kier alpha value is -1.98. The van der Waals surface area contributed by atoms with Gasteiger partial charge in [-0.2, -0.15) is 0 Å². The molecule has 0 unspecified atom stereocenters. The third-order valence-corrected chi connectivity index (χ3v) is 4.26. The molecule has 2 nitrogen and oxygen atoms in total. The number of benzene rings is 2. The molecule has 1 amide bonds. The lowest BCUT2D eigenvalue weighted by molar-refractivity contribution is -0.113. The molecule has 0 N–H and O–H groups in total. The molecule has 2 aromatic rings. The Bertz CT molecular complexity index is 743. The quantitative estimate of drug-likeness (QED) is 0.611. The number of hydrogen-bond donors (Lipinski definition) is 0. The molecule has 0 spiro atoms. The van der Waals surface area contributed by atoms with E-state index in [0.29, 0.717) is 14.9 Å². The maximum atomic E-state index is 13.3. The van der Waals surface area contributed by atoms with Gasteiger partial charge in [-0.05, 0) is 29.8 Å². The van der Waals surface area contributed by atoms with Crippen molar-refractivity contribution < 1.29 is 9.18 Å². The molecule has 1 saturated heterocycles. The number of hydrogen-bond acceptors (Lipinski definition) is 3. The number of amides is 1. The van der Waals surface area contributed by atoms with E-state index in [1.807, 2.05) is 30.3 Å². The molecule has 104 valence electrons. The number of rotatable bonds is 2. The summed E-state index contributed by atoms with van der Waals surface area (Å²) in [6.45, 7) is 0. The van der Waals surface area contributed by atoms with E-state index in [0.717, 1.165) is 5.56 Å². The zero-order valence-electron chi connectivity index (χ0n) is 10.8. The van der Waals surface area contributed by atoms with Crippen molar-refractivity contribution in [2.24, 2.45) is 0 Å². The van der Waals surface area contributed by atoms with E-state index >= 15 is 0 Å². The summed E-state index contributed by atoms with van der Waals surface area (Å²) in [5.74, 6) is -0.618. The van der Waals surface area contributed by atoms with Crippen LogP contribution in [-0.2, 0) is 4.79 Å². The number of thioether (sulfide) groups is 1. The molecule has 1 heterocycles. The minimum absolute atomic E-state index is 0.223. The zero-order valence-corrected chi connectivity index (χ0v) is 12.5. The van der Waals surface area contributed by atoms with Crippen LogP contribution in [0.4, 0.5) is 10.1 Å². The molecule has 0 saturated carbocycles. The maximum absolute atomic E-state index is 13.3. The lowest BCUT2D eigenvalue weighted by atomic mass is 10.2. The first-order chi connectivity index (χ1) is 10.1. The van der Waals surface area contributed by atoms with Gasteiger partial charge < -0.3 is 0 Å². The normalized spacial score (nSPS) is 16.8. The highest BCUT2D eigenvalue weighted by Gasteiger charge is 2.33. The summed E-state index contributed by atoms with van der Waals surface area (Å²) in [6.07, 6.45) is 1.79. The van der Waals surface area contributed by atoms with Gasteiger partial charge >= 0.3 is 0 Å². The van der Waals surface area contributed by atoms with Crippen LogP contribution < -0.4 is 4.90 Å². The summed E-state index contributed by atoms with van der Waals surface area (Å²) < 4.78 is 13.7. The van der Waals surface area contributed by atoms with Crippen molar-refractivity contribution in [3.8, 4) is 0 Å². The molecular formula is C16H10FNOS2. The van der Waals surface area contributed by atoms with Crippen LogP contribution in [-0.4, -0.2) is 10.2 Å². The standard InChI is InChI=1S/C16H10FNOS2/c17-12-7-4-8-13(10-12)18-15(19)14(21-16(18)20)9-11-5-2-1-3-6-11/h1-10H/b14-9-. The molecular weight excluding hydrogens is 305 g/mol. The monoisotopic (exact) mass is 315 g/mol. The predicted molar refractivity (Wildman–Crippen MR) is 88.5 cm³/mol. The zero-order chi connectivity index (χ0) is 14.8. The molecule has 3 rings (SSSR count). The molecule has 0 bridgehead atoms.